The molecule has 0 bridgehead atoms. The second kappa shape index (κ2) is 10.4. The van der Waals surface area contributed by atoms with Crippen molar-refractivity contribution in [2.45, 2.75) is 32.1 Å². The van der Waals surface area contributed by atoms with Gasteiger partial charge in [-0.1, -0.05) is 47.1 Å². The average Bonchev–Trinajstić information content (AvgIpc) is 2.63. The van der Waals surface area contributed by atoms with E-state index in [1.54, 1.807) is 30.0 Å². The minimum absolute atomic E-state index is 0.0905. The van der Waals surface area contributed by atoms with Gasteiger partial charge in [0, 0.05) is 16.3 Å². The van der Waals surface area contributed by atoms with Crippen molar-refractivity contribution in [1.82, 2.24) is 5.32 Å². The molecule has 26 heavy (non-hydrogen) atoms. The molecule has 2 aromatic carbocycles. The third kappa shape index (κ3) is 6.50. The highest BCUT2D eigenvalue weighted by molar-refractivity contribution is 9.10. The summed E-state index contributed by atoms with van der Waals surface area (Å²) in [6, 6.07) is 15.2. The standard InChI is InChI=1S/C20H23BrN2O2S/c1-3-14(2)22-20(25)17-6-4-5-7-18(17)23-19(24)13-26-12-15-8-10-16(21)11-9-15/h4-11,14H,3,12-13H2,1-2H3,(H,22,25)(H,23,24). The number of para-hydroxylation sites is 1. The van der Waals surface area contributed by atoms with Crippen LogP contribution >= 0.6 is 27.7 Å². The van der Waals surface area contributed by atoms with E-state index in [1.165, 1.54) is 5.56 Å². The van der Waals surface area contributed by atoms with Gasteiger partial charge in [0.05, 0.1) is 17.0 Å². The Labute approximate surface area is 167 Å². The lowest BCUT2D eigenvalue weighted by molar-refractivity contribution is -0.113. The molecule has 0 fully saturated rings. The number of amides is 2. The molecule has 1 unspecified atom stereocenters. The number of carbonyl (C=O) groups excluding carboxylic acids is 2. The molecule has 0 spiro atoms. The van der Waals surface area contributed by atoms with E-state index < -0.39 is 0 Å². The predicted octanol–water partition coefficient (Wildman–Crippen LogP) is 4.85. The summed E-state index contributed by atoms with van der Waals surface area (Å²) < 4.78 is 1.04. The molecule has 0 radical (unpaired) electrons. The van der Waals surface area contributed by atoms with E-state index in [9.17, 15) is 9.59 Å². The first-order valence-electron chi connectivity index (χ1n) is 8.51. The van der Waals surface area contributed by atoms with Crippen molar-refractivity contribution in [2.75, 3.05) is 11.1 Å². The van der Waals surface area contributed by atoms with Gasteiger partial charge in [-0.05, 0) is 43.2 Å². The summed E-state index contributed by atoms with van der Waals surface area (Å²) in [5.74, 6) is 0.808. The highest BCUT2D eigenvalue weighted by atomic mass is 79.9. The van der Waals surface area contributed by atoms with E-state index in [1.807, 2.05) is 44.2 Å². The lowest BCUT2D eigenvalue weighted by atomic mass is 10.1. The first-order chi connectivity index (χ1) is 12.5. The van der Waals surface area contributed by atoms with Crippen molar-refractivity contribution in [3.8, 4) is 0 Å². The third-order valence-corrected chi connectivity index (χ3v) is 5.38. The van der Waals surface area contributed by atoms with Gasteiger partial charge in [-0.2, -0.15) is 0 Å². The van der Waals surface area contributed by atoms with Crippen molar-refractivity contribution in [2.24, 2.45) is 0 Å². The fourth-order valence-electron chi connectivity index (χ4n) is 2.22. The van der Waals surface area contributed by atoms with Crippen molar-refractivity contribution in [3.05, 3.63) is 64.1 Å². The van der Waals surface area contributed by atoms with Gasteiger partial charge in [0.1, 0.15) is 0 Å². The maximum atomic E-state index is 12.4. The van der Waals surface area contributed by atoms with Crippen LogP contribution in [0.25, 0.3) is 0 Å². The Kier molecular flexibility index (Phi) is 8.19. The fraction of sp³-hybridized carbons (Fsp3) is 0.300. The summed E-state index contributed by atoms with van der Waals surface area (Å²) in [5.41, 5.74) is 2.20. The number of hydrogen-bond acceptors (Lipinski definition) is 3. The molecule has 0 saturated carbocycles. The number of rotatable bonds is 8. The first kappa shape index (κ1) is 20.5. The van der Waals surface area contributed by atoms with Crippen LogP contribution in [0.4, 0.5) is 5.69 Å². The maximum Gasteiger partial charge on any atom is 0.253 e. The normalized spacial score (nSPS) is 11.7. The first-order valence-corrected chi connectivity index (χ1v) is 10.5. The van der Waals surface area contributed by atoms with Gasteiger partial charge >= 0.3 is 0 Å². The van der Waals surface area contributed by atoms with Gasteiger partial charge in [0.15, 0.2) is 0 Å². The van der Waals surface area contributed by atoms with E-state index in [4.69, 9.17) is 0 Å². The Morgan fingerprint density at radius 2 is 1.81 bits per heavy atom. The van der Waals surface area contributed by atoms with Crippen LogP contribution < -0.4 is 10.6 Å². The monoisotopic (exact) mass is 434 g/mol. The van der Waals surface area contributed by atoms with Crippen LogP contribution in [0.15, 0.2) is 53.0 Å². The van der Waals surface area contributed by atoms with Crippen molar-refractivity contribution in [1.29, 1.82) is 0 Å². The molecule has 1 atom stereocenters. The maximum absolute atomic E-state index is 12.4. The Balaban J connectivity index is 1.90. The molecule has 0 aliphatic rings. The smallest absolute Gasteiger partial charge is 0.253 e. The summed E-state index contributed by atoms with van der Waals surface area (Å²) in [6.45, 7) is 3.97. The van der Waals surface area contributed by atoms with Gasteiger partial charge in [-0.25, -0.2) is 0 Å². The number of nitrogens with one attached hydrogen (secondary N) is 2. The van der Waals surface area contributed by atoms with Crippen molar-refractivity contribution in [3.63, 3.8) is 0 Å². The number of anilines is 1. The zero-order valence-electron chi connectivity index (χ0n) is 14.9. The number of halogens is 1. The average molecular weight is 435 g/mol. The second-order valence-corrected chi connectivity index (χ2v) is 7.90. The molecule has 0 heterocycles. The van der Waals surface area contributed by atoms with Gasteiger partial charge in [-0.15, -0.1) is 11.8 Å². The van der Waals surface area contributed by atoms with Crippen LogP contribution in [0.2, 0.25) is 0 Å². The SMILES string of the molecule is CCC(C)NC(=O)c1ccccc1NC(=O)CSCc1ccc(Br)cc1. The van der Waals surface area contributed by atoms with Gasteiger partial charge in [0.2, 0.25) is 5.91 Å². The number of benzene rings is 2. The minimum atomic E-state index is -0.169. The summed E-state index contributed by atoms with van der Waals surface area (Å²) in [6.07, 6.45) is 0.854. The van der Waals surface area contributed by atoms with E-state index in [-0.39, 0.29) is 17.9 Å². The summed E-state index contributed by atoms with van der Waals surface area (Å²) in [5, 5.41) is 5.78. The predicted molar refractivity (Wildman–Crippen MR) is 113 cm³/mol. The molecule has 138 valence electrons. The van der Waals surface area contributed by atoms with Crippen LogP contribution in [0.3, 0.4) is 0 Å². The summed E-state index contributed by atoms with van der Waals surface area (Å²) >= 11 is 4.95. The molecule has 0 aliphatic heterocycles. The Morgan fingerprint density at radius 3 is 2.50 bits per heavy atom. The molecule has 2 aromatic rings. The molecule has 2 rings (SSSR count). The summed E-state index contributed by atoms with van der Waals surface area (Å²) in [4.78, 5) is 24.6. The summed E-state index contributed by atoms with van der Waals surface area (Å²) in [7, 11) is 0. The van der Waals surface area contributed by atoms with E-state index in [2.05, 4.69) is 26.6 Å². The highest BCUT2D eigenvalue weighted by Gasteiger charge is 2.14. The molecule has 0 aromatic heterocycles. The second-order valence-electron chi connectivity index (χ2n) is 6.00. The molecule has 6 heteroatoms. The van der Waals surface area contributed by atoms with E-state index in [0.717, 1.165) is 16.6 Å². The van der Waals surface area contributed by atoms with Crippen LogP contribution in [0.5, 0.6) is 0 Å². The molecule has 2 amide bonds. The van der Waals surface area contributed by atoms with Gasteiger partial charge in [0.25, 0.3) is 5.91 Å². The van der Waals surface area contributed by atoms with Crippen molar-refractivity contribution >= 4 is 45.2 Å². The fourth-order valence-corrected chi connectivity index (χ4v) is 3.27. The zero-order chi connectivity index (χ0) is 18.9. The Morgan fingerprint density at radius 1 is 1.12 bits per heavy atom. The molecule has 2 N–H and O–H groups in total. The Hall–Kier alpha value is -1.79. The van der Waals surface area contributed by atoms with Gasteiger partial charge < -0.3 is 10.6 Å². The molecular weight excluding hydrogens is 412 g/mol. The highest BCUT2D eigenvalue weighted by Crippen LogP contribution is 2.18. The lowest BCUT2D eigenvalue weighted by Crippen LogP contribution is -2.32. The van der Waals surface area contributed by atoms with Gasteiger partial charge in [-0.3, -0.25) is 9.59 Å². The lowest BCUT2D eigenvalue weighted by Gasteiger charge is -2.14. The van der Waals surface area contributed by atoms with E-state index >= 15 is 0 Å². The number of carbonyl (C=O) groups is 2. The minimum Gasteiger partial charge on any atom is -0.350 e. The molecule has 0 aliphatic carbocycles. The van der Waals surface area contributed by atoms with E-state index in [0.29, 0.717) is 17.0 Å². The van der Waals surface area contributed by atoms with Crippen LogP contribution in [0.1, 0.15) is 36.2 Å². The van der Waals surface area contributed by atoms with Crippen LogP contribution in [-0.2, 0) is 10.5 Å². The Bertz CT molecular complexity index is 750. The van der Waals surface area contributed by atoms with Crippen LogP contribution in [0, 0.1) is 0 Å². The zero-order valence-corrected chi connectivity index (χ0v) is 17.3. The van der Waals surface area contributed by atoms with Crippen LogP contribution in [-0.4, -0.2) is 23.6 Å². The molecular formula is C20H23BrN2O2S. The van der Waals surface area contributed by atoms with Crippen molar-refractivity contribution < 1.29 is 9.59 Å². The quantitative estimate of drug-likeness (QED) is 0.623. The third-order valence-electron chi connectivity index (χ3n) is 3.85. The molecule has 4 nitrogen and oxygen atoms in total. The topological polar surface area (TPSA) is 58.2 Å². The molecule has 0 saturated heterocycles. The largest absolute Gasteiger partial charge is 0.350 e. The number of thioether (sulfide) groups is 1. The number of hydrogen-bond donors (Lipinski definition) is 2.